The Balaban J connectivity index is 1.94. The van der Waals surface area contributed by atoms with Gasteiger partial charge < -0.3 is 10.4 Å². The highest BCUT2D eigenvalue weighted by atomic mass is 16.4. The van der Waals surface area contributed by atoms with Crippen molar-refractivity contribution in [1.82, 2.24) is 5.32 Å². The van der Waals surface area contributed by atoms with E-state index in [-0.39, 0.29) is 17.9 Å². The second-order valence-corrected chi connectivity index (χ2v) is 5.16. The van der Waals surface area contributed by atoms with Gasteiger partial charge in [-0.2, -0.15) is 0 Å². The quantitative estimate of drug-likeness (QED) is 0.818. The molecule has 0 aliphatic carbocycles. The first-order valence-corrected chi connectivity index (χ1v) is 6.29. The summed E-state index contributed by atoms with van der Waals surface area (Å²) in [5, 5.41) is 12.9. The van der Waals surface area contributed by atoms with E-state index < -0.39 is 5.97 Å². The van der Waals surface area contributed by atoms with Crippen LogP contribution in [0.3, 0.4) is 0 Å². The van der Waals surface area contributed by atoms with Crippen molar-refractivity contribution in [3.8, 4) is 0 Å². The number of nitrogens with one attached hydrogen (secondary N) is 1. The molecule has 2 saturated heterocycles. The van der Waals surface area contributed by atoms with Crippen molar-refractivity contribution in [2.24, 2.45) is 5.92 Å². The van der Waals surface area contributed by atoms with Crippen LogP contribution >= 0.6 is 0 Å². The molecule has 2 bridgehead atoms. The summed E-state index contributed by atoms with van der Waals surface area (Å²) < 4.78 is 0. The molecule has 3 heteroatoms. The average Bonchev–Trinajstić information content (AvgIpc) is 2.71. The van der Waals surface area contributed by atoms with Crippen LogP contribution in [0.25, 0.3) is 0 Å². The largest absolute Gasteiger partial charge is 0.481 e. The molecule has 17 heavy (non-hydrogen) atoms. The first kappa shape index (κ1) is 10.8. The van der Waals surface area contributed by atoms with Gasteiger partial charge >= 0.3 is 5.97 Å². The van der Waals surface area contributed by atoms with Crippen LogP contribution in [0.15, 0.2) is 30.3 Å². The predicted molar refractivity (Wildman–Crippen MR) is 64.9 cm³/mol. The van der Waals surface area contributed by atoms with Crippen molar-refractivity contribution in [2.75, 3.05) is 0 Å². The lowest BCUT2D eigenvalue weighted by atomic mass is 9.77. The second kappa shape index (κ2) is 4.15. The Morgan fingerprint density at radius 1 is 1.24 bits per heavy atom. The van der Waals surface area contributed by atoms with Gasteiger partial charge in [0.15, 0.2) is 0 Å². The molecule has 0 radical (unpaired) electrons. The van der Waals surface area contributed by atoms with E-state index in [1.807, 2.05) is 18.2 Å². The molecule has 0 aromatic heterocycles. The Hall–Kier alpha value is -1.35. The molecule has 2 N–H and O–H groups in total. The van der Waals surface area contributed by atoms with Gasteiger partial charge in [-0.25, -0.2) is 0 Å². The summed E-state index contributed by atoms with van der Waals surface area (Å²) in [4.78, 5) is 11.5. The molecule has 0 spiro atoms. The first-order chi connectivity index (χ1) is 8.25. The fourth-order valence-corrected chi connectivity index (χ4v) is 3.44. The Kier molecular flexibility index (Phi) is 2.63. The van der Waals surface area contributed by atoms with Crippen LogP contribution in [0, 0.1) is 5.92 Å². The van der Waals surface area contributed by atoms with Gasteiger partial charge in [0.1, 0.15) is 0 Å². The van der Waals surface area contributed by atoms with Crippen LogP contribution in [-0.4, -0.2) is 23.2 Å². The Bertz CT molecular complexity index is 417. The van der Waals surface area contributed by atoms with E-state index in [2.05, 4.69) is 17.4 Å². The molecular weight excluding hydrogens is 214 g/mol. The molecule has 2 aliphatic rings. The lowest BCUT2D eigenvalue weighted by Gasteiger charge is -2.35. The van der Waals surface area contributed by atoms with Crippen LogP contribution < -0.4 is 5.32 Å². The number of fused-ring (bicyclic) bond motifs is 2. The summed E-state index contributed by atoms with van der Waals surface area (Å²) in [5.41, 5.74) is 1.18. The van der Waals surface area contributed by atoms with Crippen molar-refractivity contribution in [1.29, 1.82) is 0 Å². The molecule has 4 atom stereocenters. The van der Waals surface area contributed by atoms with Gasteiger partial charge in [-0.3, -0.25) is 4.79 Å². The number of carboxylic acid groups (broad SMARTS) is 1. The zero-order valence-corrected chi connectivity index (χ0v) is 9.67. The monoisotopic (exact) mass is 231 g/mol. The van der Waals surface area contributed by atoms with Crippen molar-refractivity contribution >= 4 is 5.97 Å². The number of hydrogen-bond acceptors (Lipinski definition) is 2. The zero-order chi connectivity index (χ0) is 11.8. The van der Waals surface area contributed by atoms with Crippen molar-refractivity contribution < 1.29 is 9.90 Å². The van der Waals surface area contributed by atoms with Crippen LogP contribution in [0.1, 0.15) is 30.7 Å². The highest BCUT2D eigenvalue weighted by Gasteiger charge is 2.45. The SMILES string of the molecule is O=C(O)C1C2CCC(CC1c1ccccc1)N2. The summed E-state index contributed by atoms with van der Waals surface area (Å²) in [5.74, 6) is -0.750. The van der Waals surface area contributed by atoms with Crippen LogP contribution in [0.5, 0.6) is 0 Å². The van der Waals surface area contributed by atoms with Gasteiger partial charge in [0, 0.05) is 18.0 Å². The summed E-state index contributed by atoms with van der Waals surface area (Å²) in [6.45, 7) is 0. The van der Waals surface area contributed by atoms with Crippen LogP contribution in [0.2, 0.25) is 0 Å². The maximum Gasteiger partial charge on any atom is 0.308 e. The van der Waals surface area contributed by atoms with E-state index in [4.69, 9.17) is 0 Å². The van der Waals surface area contributed by atoms with Crippen LogP contribution in [-0.2, 0) is 4.79 Å². The standard InChI is InChI=1S/C14H17NO2/c16-14(17)13-11(9-4-2-1-3-5-9)8-10-6-7-12(13)15-10/h1-5,10-13,15H,6-8H2,(H,16,17). The summed E-state index contributed by atoms with van der Waals surface area (Å²) >= 11 is 0. The molecular formula is C14H17NO2. The third kappa shape index (κ3) is 1.84. The molecule has 0 amide bonds. The fraction of sp³-hybridized carbons (Fsp3) is 0.500. The Morgan fingerprint density at radius 2 is 2.00 bits per heavy atom. The molecule has 4 unspecified atom stereocenters. The maximum atomic E-state index is 11.5. The van der Waals surface area contributed by atoms with E-state index in [0.717, 1.165) is 19.3 Å². The molecule has 2 heterocycles. The number of aliphatic carboxylic acids is 1. The smallest absolute Gasteiger partial charge is 0.308 e. The van der Waals surface area contributed by atoms with Crippen molar-refractivity contribution in [3.05, 3.63) is 35.9 Å². The minimum Gasteiger partial charge on any atom is -0.481 e. The number of carbonyl (C=O) groups is 1. The number of benzene rings is 1. The minimum absolute atomic E-state index is 0.163. The second-order valence-electron chi connectivity index (χ2n) is 5.16. The minimum atomic E-state index is -0.656. The molecule has 2 fully saturated rings. The summed E-state index contributed by atoms with van der Waals surface area (Å²) in [7, 11) is 0. The topological polar surface area (TPSA) is 49.3 Å². The van der Waals surface area contributed by atoms with Gasteiger partial charge in [0.2, 0.25) is 0 Å². The van der Waals surface area contributed by atoms with Gasteiger partial charge in [-0.05, 0) is 24.8 Å². The predicted octanol–water partition coefficient (Wildman–Crippen LogP) is 2.00. The normalized spacial score (nSPS) is 35.8. The zero-order valence-electron chi connectivity index (χ0n) is 9.67. The van der Waals surface area contributed by atoms with E-state index in [9.17, 15) is 9.90 Å². The number of piperidine rings is 1. The van der Waals surface area contributed by atoms with E-state index in [1.54, 1.807) is 0 Å². The molecule has 3 rings (SSSR count). The van der Waals surface area contributed by atoms with E-state index >= 15 is 0 Å². The number of carboxylic acids is 1. The Morgan fingerprint density at radius 3 is 2.71 bits per heavy atom. The van der Waals surface area contributed by atoms with Gasteiger partial charge in [0.05, 0.1) is 5.92 Å². The van der Waals surface area contributed by atoms with Gasteiger partial charge in [-0.15, -0.1) is 0 Å². The number of hydrogen-bond donors (Lipinski definition) is 2. The third-order valence-electron chi connectivity index (χ3n) is 4.19. The molecule has 1 aromatic carbocycles. The van der Waals surface area contributed by atoms with Gasteiger partial charge in [-0.1, -0.05) is 30.3 Å². The molecule has 1 aromatic rings. The van der Waals surface area contributed by atoms with E-state index in [0.29, 0.717) is 6.04 Å². The van der Waals surface area contributed by atoms with Crippen LogP contribution in [0.4, 0.5) is 0 Å². The fourth-order valence-electron chi connectivity index (χ4n) is 3.44. The third-order valence-corrected chi connectivity index (χ3v) is 4.19. The van der Waals surface area contributed by atoms with Gasteiger partial charge in [0.25, 0.3) is 0 Å². The molecule has 90 valence electrons. The maximum absolute atomic E-state index is 11.5. The van der Waals surface area contributed by atoms with Crippen molar-refractivity contribution in [3.63, 3.8) is 0 Å². The Labute approximate surface area is 101 Å². The number of rotatable bonds is 2. The molecule has 2 aliphatic heterocycles. The highest BCUT2D eigenvalue weighted by molar-refractivity contribution is 5.73. The highest BCUT2D eigenvalue weighted by Crippen LogP contribution is 2.41. The lowest BCUT2D eigenvalue weighted by Crippen LogP contribution is -2.47. The molecule has 0 saturated carbocycles. The summed E-state index contributed by atoms with van der Waals surface area (Å²) in [6.07, 6.45) is 3.08. The first-order valence-electron chi connectivity index (χ1n) is 6.29. The van der Waals surface area contributed by atoms with Crippen molar-refractivity contribution in [2.45, 2.75) is 37.3 Å². The average molecular weight is 231 g/mol. The summed E-state index contributed by atoms with van der Waals surface area (Å²) in [6, 6.07) is 10.8. The van der Waals surface area contributed by atoms with E-state index in [1.165, 1.54) is 5.56 Å². The lowest BCUT2D eigenvalue weighted by molar-refractivity contribution is -0.144. The molecule has 3 nitrogen and oxygen atoms in total.